The maximum atomic E-state index is 12.7. The number of amides is 2. The number of rotatable bonds is 1. The number of aromatic amines is 1. The molecule has 1 aliphatic carbocycles. The van der Waals surface area contributed by atoms with Gasteiger partial charge in [0.1, 0.15) is 0 Å². The number of nitrogens with zero attached hydrogens (tertiary/aromatic N) is 1. The molecule has 0 saturated heterocycles. The zero-order valence-corrected chi connectivity index (χ0v) is 13.1. The lowest BCUT2D eigenvalue weighted by Gasteiger charge is -2.29. The summed E-state index contributed by atoms with van der Waals surface area (Å²) in [6.07, 6.45) is 2.40. The molecule has 1 aromatic heterocycles. The van der Waals surface area contributed by atoms with Gasteiger partial charge in [0, 0.05) is 22.6 Å². The van der Waals surface area contributed by atoms with Crippen molar-refractivity contribution in [1.82, 2.24) is 9.88 Å². The number of carbonyl (C=O) groups excluding carboxylic acids is 2. The lowest BCUT2D eigenvalue weighted by atomic mass is 9.90. The molecule has 0 bridgehead atoms. The molecule has 0 fully saturated rings. The number of fused-ring (bicyclic) bond motifs is 4. The largest absolute Gasteiger partial charge is 0.358 e. The fraction of sp³-hybridized carbons (Fsp3) is 0.200. The summed E-state index contributed by atoms with van der Waals surface area (Å²) in [7, 11) is 0. The number of aromatic nitrogens is 1. The summed E-state index contributed by atoms with van der Waals surface area (Å²) in [5.74, 6) is -0.298. The van der Waals surface area contributed by atoms with E-state index in [0.29, 0.717) is 11.1 Å². The number of aryl methyl sites for hydroxylation is 1. The van der Waals surface area contributed by atoms with E-state index in [1.807, 2.05) is 24.3 Å². The number of nitrogens with one attached hydrogen (secondary N) is 1. The standard InChI is InChI=1S/C20H16N2O2/c23-19-14-6-1-2-7-15(14)20(24)22(19)12-9-10-18-16(11-12)13-5-3-4-8-17(13)21-18/h1-8,12,21H,9-11H2/t12-/m0/s1. The van der Waals surface area contributed by atoms with Gasteiger partial charge in [-0.05, 0) is 43.0 Å². The van der Waals surface area contributed by atoms with Crippen LogP contribution in [0.25, 0.3) is 10.9 Å². The van der Waals surface area contributed by atoms with Crippen LogP contribution in [0.4, 0.5) is 0 Å². The van der Waals surface area contributed by atoms with Crippen molar-refractivity contribution in [1.29, 1.82) is 0 Å². The minimum Gasteiger partial charge on any atom is -0.358 e. The molecule has 0 spiro atoms. The molecule has 5 rings (SSSR count). The van der Waals surface area contributed by atoms with Crippen molar-refractivity contribution in [2.45, 2.75) is 25.3 Å². The number of carbonyl (C=O) groups is 2. The molecule has 3 aromatic rings. The Labute approximate surface area is 139 Å². The molecule has 0 saturated carbocycles. The van der Waals surface area contributed by atoms with Gasteiger partial charge in [-0.3, -0.25) is 14.5 Å². The quantitative estimate of drug-likeness (QED) is 0.700. The van der Waals surface area contributed by atoms with E-state index in [0.717, 1.165) is 24.8 Å². The maximum Gasteiger partial charge on any atom is 0.261 e. The number of imide groups is 1. The van der Waals surface area contributed by atoms with Gasteiger partial charge in [0.2, 0.25) is 0 Å². The lowest BCUT2D eigenvalue weighted by molar-refractivity contribution is 0.0571. The van der Waals surface area contributed by atoms with Gasteiger partial charge in [0.05, 0.1) is 11.1 Å². The molecule has 118 valence electrons. The molecule has 2 heterocycles. The first-order chi connectivity index (χ1) is 11.7. The zero-order chi connectivity index (χ0) is 16.3. The number of benzene rings is 2. The Balaban J connectivity index is 1.54. The van der Waals surface area contributed by atoms with Crippen LogP contribution in [0.2, 0.25) is 0 Å². The van der Waals surface area contributed by atoms with E-state index in [1.54, 1.807) is 12.1 Å². The third kappa shape index (κ3) is 1.74. The summed E-state index contributed by atoms with van der Waals surface area (Å²) in [6, 6.07) is 15.3. The van der Waals surface area contributed by atoms with E-state index in [1.165, 1.54) is 21.5 Å². The van der Waals surface area contributed by atoms with E-state index >= 15 is 0 Å². The maximum absolute atomic E-state index is 12.7. The van der Waals surface area contributed by atoms with E-state index in [9.17, 15) is 9.59 Å². The van der Waals surface area contributed by atoms with E-state index < -0.39 is 0 Å². The number of para-hydroxylation sites is 1. The van der Waals surface area contributed by atoms with Crippen LogP contribution in [0.15, 0.2) is 48.5 Å². The van der Waals surface area contributed by atoms with Crippen molar-refractivity contribution >= 4 is 22.7 Å². The van der Waals surface area contributed by atoms with Crippen LogP contribution in [0, 0.1) is 0 Å². The molecule has 4 nitrogen and oxygen atoms in total. The van der Waals surface area contributed by atoms with Gasteiger partial charge in [0.15, 0.2) is 0 Å². The normalized spacial score (nSPS) is 19.7. The van der Waals surface area contributed by atoms with Crippen molar-refractivity contribution in [3.05, 3.63) is 70.9 Å². The van der Waals surface area contributed by atoms with Gasteiger partial charge >= 0.3 is 0 Å². The Kier molecular flexibility index (Phi) is 2.71. The average Bonchev–Trinajstić information content (AvgIpc) is 3.11. The van der Waals surface area contributed by atoms with Crippen LogP contribution in [0.1, 0.15) is 38.4 Å². The van der Waals surface area contributed by atoms with Crippen molar-refractivity contribution in [3.8, 4) is 0 Å². The topological polar surface area (TPSA) is 53.2 Å². The first-order valence-corrected chi connectivity index (χ1v) is 8.29. The summed E-state index contributed by atoms with van der Waals surface area (Å²) < 4.78 is 0. The fourth-order valence-corrected chi connectivity index (χ4v) is 4.11. The monoisotopic (exact) mass is 316 g/mol. The second-order valence-electron chi connectivity index (χ2n) is 6.55. The highest BCUT2D eigenvalue weighted by Gasteiger charge is 2.41. The Morgan fingerprint density at radius 3 is 2.33 bits per heavy atom. The van der Waals surface area contributed by atoms with Crippen molar-refractivity contribution in [3.63, 3.8) is 0 Å². The van der Waals surface area contributed by atoms with Crippen LogP contribution in [-0.2, 0) is 12.8 Å². The zero-order valence-electron chi connectivity index (χ0n) is 13.1. The first kappa shape index (κ1) is 13.5. The summed E-state index contributed by atoms with van der Waals surface area (Å²) >= 11 is 0. The van der Waals surface area contributed by atoms with Crippen LogP contribution >= 0.6 is 0 Å². The second kappa shape index (κ2) is 4.81. The van der Waals surface area contributed by atoms with Crippen molar-refractivity contribution in [2.24, 2.45) is 0 Å². The number of hydrogen-bond acceptors (Lipinski definition) is 2. The minimum absolute atomic E-state index is 0.0656. The Morgan fingerprint density at radius 2 is 1.58 bits per heavy atom. The highest BCUT2D eigenvalue weighted by Crippen LogP contribution is 2.34. The molecule has 1 atom stereocenters. The summed E-state index contributed by atoms with van der Waals surface area (Å²) in [5, 5.41) is 1.20. The first-order valence-electron chi connectivity index (χ1n) is 8.29. The molecule has 0 unspecified atom stereocenters. The minimum atomic E-state index is -0.149. The molecular formula is C20H16N2O2. The highest BCUT2D eigenvalue weighted by molar-refractivity contribution is 6.21. The summed E-state index contributed by atoms with van der Waals surface area (Å²) in [6.45, 7) is 0. The van der Waals surface area contributed by atoms with E-state index in [-0.39, 0.29) is 17.9 Å². The van der Waals surface area contributed by atoms with E-state index in [4.69, 9.17) is 0 Å². The van der Waals surface area contributed by atoms with Gasteiger partial charge in [-0.25, -0.2) is 0 Å². The molecule has 1 aliphatic heterocycles. The predicted molar refractivity (Wildman–Crippen MR) is 91.1 cm³/mol. The molecule has 1 N–H and O–H groups in total. The van der Waals surface area contributed by atoms with Crippen LogP contribution < -0.4 is 0 Å². The average molecular weight is 316 g/mol. The van der Waals surface area contributed by atoms with E-state index in [2.05, 4.69) is 17.1 Å². The molecule has 4 heteroatoms. The van der Waals surface area contributed by atoms with Gasteiger partial charge in [-0.2, -0.15) is 0 Å². The molecule has 2 amide bonds. The molecule has 24 heavy (non-hydrogen) atoms. The van der Waals surface area contributed by atoms with Crippen LogP contribution in [0.3, 0.4) is 0 Å². The third-order valence-electron chi connectivity index (χ3n) is 5.26. The Morgan fingerprint density at radius 1 is 0.917 bits per heavy atom. The lowest BCUT2D eigenvalue weighted by Crippen LogP contribution is -2.43. The SMILES string of the molecule is O=C1c2ccccc2C(=O)N1[C@H]1CCc2[nH]c3ccccc3c2C1. The summed E-state index contributed by atoms with van der Waals surface area (Å²) in [5.41, 5.74) is 4.69. The Bertz CT molecular complexity index is 967. The second-order valence-corrected chi connectivity index (χ2v) is 6.55. The van der Waals surface area contributed by atoms with Crippen molar-refractivity contribution < 1.29 is 9.59 Å². The van der Waals surface area contributed by atoms with Crippen LogP contribution in [-0.4, -0.2) is 27.7 Å². The Hall–Kier alpha value is -2.88. The highest BCUT2D eigenvalue weighted by atomic mass is 16.2. The molecule has 0 radical (unpaired) electrons. The van der Waals surface area contributed by atoms with Gasteiger partial charge < -0.3 is 4.98 Å². The molecule has 2 aliphatic rings. The predicted octanol–water partition coefficient (Wildman–Crippen LogP) is 3.32. The number of H-pyrrole nitrogens is 1. The molecule has 2 aromatic carbocycles. The van der Waals surface area contributed by atoms with Crippen molar-refractivity contribution in [2.75, 3.05) is 0 Å². The van der Waals surface area contributed by atoms with Crippen LogP contribution in [0.5, 0.6) is 0 Å². The molecular weight excluding hydrogens is 300 g/mol. The fourth-order valence-electron chi connectivity index (χ4n) is 4.11. The third-order valence-corrected chi connectivity index (χ3v) is 5.26. The van der Waals surface area contributed by atoms with Gasteiger partial charge in [-0.15, -0.1) is 0 Å². The summed E-state index contributed by atoms with van der Waals surface area (Å²) in [4.78, 5) is 30.4. The van der Waals surface area contributed by atoms with Gasteiger partial charge in [-0.1, -0.05) is 30.3 Å². The van der Waals surface area contributed by atoms with Gasteiger partial charge in [0.25, 0.3) is 11.8 Å². The number of hydrogen-bond donors (Lipinski definition) is 1. The smallest absolute Gasteiger partial charge is 0.261 e.